The monoisotopic (exact) mass is 736 g/mol. The summed E-state index contributed by atoms with van der Waals surface area (Å²) in [6, 6.07) is 13.8. The Balaban J connectivity index is 1.43. The Kier molecular flexibility index (Phi) is 10.1. The van der Waals surface area contributed by atoms with Crippen LogP contribution in [0.3, 0.4) is 0 Å². The van der Waals surface area contributed by atoms with E-state index in [9.17, 15) is 0 Å². The minimum Gasteiger partial charge on any atom is -0.0845 e. The van der Waals surface area contributed by atoms with Crippen molar-refractivity contribution in [3.05, 3.63) is 152 Å². The van der Waals surface area contributed by atoms with Crippen molar-refractivity contribution in [1.29, 1.82) is 0 Å². The van der Waals surface area contributed by atoms with Crippen LogP contribution in [-0.2, 0) is 0 Å². The fourth-order valence-corrected chi connectivity index (χ4v) is 18.8. The molecule has 0 bridgehead atoms. The number of benzene rings is 2. The molecule has 4 aliphatic rings. The third-order valence-electron chi connectivity index (χ3n) is 11.4. The molecule has 0 saturated heterocycles. The lowest BCUT2D eigenvalue weighted by Crippen LogP contribution is -2.40. The van der Waals surface area contributed by atoms with Gasteiger partial charge in [0.2, 0.25) is 0 Å². The van der Waals surface area contributed by atoms with Gasteiger partial charge in [-0.3, -0.25) is 0 Å². The van der Waals surface area contributed by atoms with Crippen LogP contribution < -0.4 is 10.4 Å². The fourth-order valence-electron chi connectivity index (χ4n) is 9.05. The van der Waals surface area contributed by atoms with Crippen molar-refractivity contribution < 1.29 is 0 Å². The van der Waals surface area contributed by atoms with Gasteiger partial charge in [0.05, 0.1) is 24.2 Å². The Morgan fingerprint density at radius 3 is 1.24 bits per heavy atom. The maximum Gasteiger partial charge on any atom is 0.0795 e. The van der Waals surface area contributed by atoms with Crippen LogP contribution in [0.1, 0.15) is 49.7 Å². The molecule has 0 fully saturated rings. The van der Waals surface area contributed by atoms with E-state index in [-0.39, 0.29) is 11.8 Å². The van der Waals surface area contributed by atoms with Crippen LogP contribution in [0.25, 0.3) is 0 Å². The number of hydrogen-bond acceptors (Lipinski definition) is 0. The van der Waals surface area contributed by atoms with E-state index in [2.05, 4.69) is 163 Å². The van der Waals surface area contributed by atoms with Gasteiger partial charge >= 0.3 is 0 Å². The molecule has 2 aromatic carbocycles. The van der Waals surface area contributed by atoms with Crippen molar-refractivity contribution in [1.82, 2.24) is 0 Å². The van der Waals surface area contributed by atoms with E-state index in [1.165, 1.54) is 43.8 Å². The first-order valence-electron chi connectivity index (χ1n) is 18.3. The summed E-state index contributed by atoms with van der Waals surface area (Å²) in [5.74, 6) is 0.397. The zero-order chi connectivity index (χ0) is 35.5. The molecule has 4 unspecified atom stereocenters. The maximum atomic E-state index is 7.00. The molecule has 256 valence electrons. The third-order valence-corrected chi connectivity index (χ3v) is 20.8. The van der Waals surface area contributed by atoms with E-state index in [0.29, 0.717) is 11.1 Å². The molecule has 0 aromatic heterocycles. The minimum atomic E-state index is -2.07. The van der Waals surface area contributed by atoms with Gasteiger partial charge in [0, 0.05) is 33.0 Å². The van der Waals surface area contributed by atoms with Gasteiger partial charge < -0.3 is 0 Å². The highest BCUT2D eigenvalue weighted by Crippen LogP contribution is 2.59. The van der Waals surface area contributed by atoms with E-state index in [1.54, 1.807) is 11.1 Å². The van der Waals surface area contributed by atoms with Crippen molar-refractivity contribution in [2.75, 3.05) is 0 Å². The molecule has 0 radical (unpaired) electrons. The van der Waals surface area contributed by atoms with E-state index < -0.39 is 24.2 Å². The highest BCUT2D eigenvalue weighted by molar-refractivity contribution is 6.90. The van der Waals surface area contributed by atoms with Gasteiger partial charge in [-0.05, 0) is 68.8 Å². The lowest BCUT2D eigenvalue weighted by Gasteiger charge is -2.41. The van der Waals surface area contributed by atoms with Crippen LogP contribution in [-0.4, -0.2) is 24.2 Å². The molecule has 4 aliphatic carbocycles. The van der Waals surface area contributed by atoms with Gasteiger partial charge in [-0.2, -0.15) is 0 Å². The van der Waals surface area contributed by atoms with Gasteiger partial charge in [-0.15, -0.1) is 0 Å². The van der Waals surface area contributed by atoms with Gasteiger partial charge in [0.15, 0.2) is 0 Å². The number of halogens is 2. The van der Waals surface area contributed by atoms with Crippen molar-refractivity contribution in [3.8, 4) is 0 Å². The number of rotatable bonds is 8. The first-order chi connectivity index (χ1) is 23.1. The molecule has 49 heavy (non-hydrogen) atoms. The standard InChI is InChI=1S/C44H54Cl2Si3/c1-11-29-25-37-33(31-21-23-41(39(45)27-31)47(3,4)5)17-13-15-19-35(37)43(29)49(9,10)44-30(12-2)26-38-34(18-14-16-20-36(38)44)32-22-24-42(40(46)28-32)48(6,7)8/h13-28,33-34,43-44H,11-12H2,1-10H3. The molecule has 5 heteroatoms. The Morgan fingerprint density at radius 1 is 0.531 bits per heavy atom. The van der Waals surface area contributed by atoms with Crippen LogP contribution in [0.5, 0.6) is 0 Å². The van der Waals surface area contributed by atoms with Crippen LogP contribution >= 0.6 is 23.2 Å². The number of allylic oxidation sites excluding steroid dienone is 16. The zero-order valence-electron chi connectivity index (χ0n) is 31.2. The van der Waals surface area contributed by atoms with Crippen molar-refractivity contribution in [2.24, 2.45) is 0 Å². The summed E-state index contributed by atoms with van der Waals surface area (Å²) < 4.78 is 0. The first kappa shape index (κ1) is 36.4. The van der Waals surface area contributed by atoms with Crippen LogP contribution in [0, 0.1) is 0 Å². The normalized spacial score (nSPS) is 23.8. The molecule has 0 nitrogen and oxygen atoms in total. The van der Waals surface area contributed by atoms with E-state index in [1.807, 2.05) is 0 Å². The quantitative estimate of drug-likeness (QED) is 0.237. The Bertz CT molecular complexity index is 1780. The molecule has 0 aliphatic heterocycles. The summed E-state index contributed by atoms with van der Waals surface area (Å²) in [5, 5.41) is 4.54. The third kappa shape index (κ3) is 6.71. The van der Waals surface area contributed by atoms with E-state index in [4.69, 9.17) is 23.2 Å². The highest BCUT2D eigenvalue weighted by Gasteiger charge is 2.49. The lowest BCUT2D eigenvalue weighted by molar-refractivity contribution is 0.924. The predicted molar refractivity (Wildman–Crippen MR) is 227 cm³/mol. The average molecular weight is 738 g/mol. The second-order valence-electron chi connectivity index (χ2n) is 17.1. The molecular formula is C44H54Cl2Si3. The van der Waals surface area contributed by atoms with E-state index in [0.717, 1.165) is 22.9 Å². The zero-order valence-corrected chi connectivity index (χ0v) is 35.7. The fraction of sp³-hybridized carbons (Fsp3) is 0.364. The Morgan fingerprint density at radius 2 is 0.918 bits per heavy atom. The highest BCUT2D eigenvalue weighted by atomic mass is 35.5. The summed E-state index contributed by atoms with van der Waals surface area (Å²) in [7, 11) is -5.12. The molecule has 0 heterocycles. The molecule has 0 spiro atoms. The molecule has 0 amide bonds. The van der Waals surface area contributed by atoms with E-state index >= 15 is 0 Å². The van der Waals surface area contributed by atoms with Crippen LogP contribution in [0.2, 0.25) is 73.5 Å². The first-order valence-corrected chi connectivity index (χ1v) is 29.2. The molecular weight excluding hydrogens is 684 g/mol. The molecule has 4 atom stereocenters. The lowest BCUT2D eigenvalue weighted by atomic mass is 9.89. The topological polar surface area (TPSA) is 0 Å². The van der Waals surface area contributed by atoms with Gasteiger partial charge in [0.1, 0.15) is 0 Å². The summed E-state index contributed by atoms with van der Waals surface area (Å²) >= 11 is 14.0. The van der Waals surface area contributed by atoms with Crippen molar-refractivity contribution >= 4 is 57.8 Å². The van der Waals surface area contributed by atoms with Crippen molar-refractivity contribution in [3.63, 3.8) is 0 Å². The summed E-state index contributed by atoms with van der Waals surface area (Å²) in [5.41, 5.74) is 12.7. The maximum absolute atomic E-state index is 7.00. The van der Waals surface area contributed by atoms with Crippen molar-refractivity contribution in [2.45, 2.75) is 102 Å². The molecule has 0 saturated carbocycles. The minimum absolute atomic E-state index is 0.198. The molecule has 6 rings (SSSR count). The van der Waals surface area contributed by atoms with Crippen LogP contribution in [0.15, 0.2) is 131 Å². The summed E-state index contributed by atoms with van der Waals surface area (Å²) in [4.78, 5) is 0. The van der Waals surface area contributed by atoms with Gasteiger partial charge in [0.25, 0.3) is 0 Å². The molecule has 0 N–H and O–H groups in total. The Labute approximate surface area is 309 Å². The second kappa shape index (κ2) is 13.6. The Hall–Kier alpha value is -2.41. The smallest absolute Gasteiger partial charge is 0.0795 e. The summed E-state index contributed by atoms with van der Waals surface area (Å²) in [6.07, 6.45) is 26.0. The van der Waals surface area contributed by atoms with Gasteiger partial charge in [-0.1, -0.05) is 186 Å². The average Bonchev–Trinajstić information content (AvgIpc) is 3.43. The van der Waals surface area contributed by atoms with Crippen LogP contribution in [0.4, 0.5) is 0 Å². The summed E-state index contributed by atoms with van der Waals surface area (Å²) in [6.45, 7) is 24.3. The predicted octanol–water partition coefficient (Wildman–Crippen LogP) is 12.9. The number of hydrogen-bond donors (Lipinski definition) is 0. The van der Waals surface area contributed by atoms with Gasteiger partial charge in [-0.25, -0.2) is 0 Å². The largest absolute Gasteiger partial charge is 0.0845 e. The molecule has 2 aromatic rings. The second-order valence-corrected chi connectivity index (χ2v) is 32.8. The SMILES string of the molecule is CCC1=CC2=C(C=CC=CC2c2ccc([Si](C)(C)C)c(Cl)c2)C1[Si](C)(C)C1C(CC)=CC2=C1C=CC=CC2c1ccc([Si](C)(C)C)c(Cl)c1.